The molecular weight excluding hydrogens is 295 g/mol. The van der Waals surface area contributed by atoms with Crippen molar-refractivity contribution in [1.82, 2.24) is 4.90 Å². The molecule has 0 N–H and O–H groups in total. The van der Waals surface area contributed by atoms with Gasteiger partial charge in [0.05, 0.1) is 0 Å². The van der Waals surface area contributed by atoms with Crippen LogP contribution >= 0.6 is 15.9 Å². The van der Waals surface area contributed by atoms with Gasteiger partial charge < -0.3 is 4.90 Å². The van der Waals surface area contributed by atoms with Gasteiger partial charge in [-0.25, -0.2) is 4.39 Å². The fourth-order valence-electron chi connectivity index (χ4n) is 2.36. The van der Waals surface area contributed by atoms with Crippen LogP contribution in [0.25, 0.3) is 0 Å². The van der Waals surface area contributed by atoms with E-state index in [1.807, 2.05) is 6.07 Å². The minimum Gasteiger partial charge on any atom is -0.369 e. The molecule has 100 valence electrons. The fraction of sp³-hybridized carbons (Fsp3) is 0.571. The lowest BCUT2D eigenvalue weighted by molar-refractivity contribution is 0.128. The lowest BCUT2D eigenvalue weighted by Gasteiger charge is -2.43. The first kappa shape index (κ1) is 13.8. The van der Waals surface area contributed by atoms with Crippen molar-refractivity contribution in [2.24, 2.45) is 0 Å². The van der Waals surface area contributed by atoms with Crippen LogP contribution in [0.2, 0.25) is 0 Å². The van der Waals surface area contributed by atoms with Crippen LogP contribution in [0.1, 0.15) is 20.8 Å². The van der Waals surface area contributed by atoms with Crippen LogP contribution in [-0.2, 0) is 0 Å². The Labute approximate surface area is 117 Å². The van der Waals surface area contributed by atoms with E-state index in [4.69, 9.17) is 0 Å². The van der Waals surface area contributed by atoms with E-state index in [-0.39, 0.29) is 11.4 Å². The molecule has 0 aliphatic carbocycles. The number of hydrogen-bond donors (Lipinski definition) is 0. The van der Waals surface area contributed by atoms with Crippen molar-refractivity contribution in [3.63, 3.8) is 0 Å². The van der Waals surface area contributed by atoms with Crippen molar-refractivity contribution in [2.75, 3.05) is 31.1 Å². The van der Waals surface area contributed by atoms with Crippen molar-refractivity contribution in [2.45, 2.75) is 26.3 Å². The van der Waals surface area contributed by atoms with Crippen LogP contribution in [0.5, 0.6) is 0 Å². The van der Waals surface area contributed by atoms with Gasteiger partial charge in [-0.05, 0) is 39.0 Å². The van der Waals surface area contributed by atoms with E-state index in [1.54, 1.807) is 6.07 Å². The van der Waals surface area contributed by atoms with Gasteiger partial charge in [-0.2, -0.15) is 0 Å². The number of halogens is 2. The van der Waals surface area contributed by atoms with Gasteiger partial charge in [0, 0.05) is 41.9 Å². The van der Waals surface area contributed by atoms with E-state index >= 15 is 0 Å². The van der Waals surface area contributed by atoms with E-state index in [2.05, 4.69) is 46.5 Å². The van der Waals surface area contributed by atoms with E-state index in [1.165, 1.54) is 6.07 Å². The second kappa shape index (κ2) is 5.17. The smallest absolute Gasteiger partial charge is 0.126 e. The van der Waals surface area contributed by atoms with Crippen LogP contribution in [-0.4, -0.2) is 36.6 Å². The van der Waals surface area contributed by atoms with Crippen LogP contribution in [0.15, 0.2) is 22.7 Å². The van der Waals surface area contributed by atoms with E-state index < -0.39 is 0 Å². The molecule has 2 rings (SSSR count). The van der Waals surface area contributed by atoms with E-state index in [9.17, 15) is 4.39 Å². The average Bonchev–Trinajstić information content (AvgIpc) is 2.27. The molecule has 1 saturated heterocycles. The van der Waals surface area contributed by atoms with Crippen LogP contribution in [0.3, 0.4) is 0 Å². The zero-order valence-electron chi connectivity index (χ0n) is 11.2. The molecule has 0 aromatic heterocycles. The summed E-state index contributed by atoms with van der Waals surface area (Å²) in [5.41, 5.74) is 1.18. The van der Waals surface area contributed by atoms with E-state index in [0.29, 0.717) is 0 Å². The standard InChI is InChI=1S/C14H20BrFN2/c1-14(2,3)18-6-4-17(5-7-18)13-9-11(15)8-12(16)10-13/h8-10H,4-7H2,1-3H3. The molecule has 1 fully saturated rings. The number of nitrogens with zero attached hydrogens (tertiary/aromatic N) is 2. The van der Waals surface area contributed by atoms with Gasteiger partial charge in [0.25, 0.3) is 0 Å². The molecule has 1 aliphatic rings. The molecule has 1 heterocycles. The Bertz CT molecular complexity index is 400. The van der Waals surface area contributed by atoms with Crippen molar-refractivity contribution < 1.29 is 4.39 Å². The van der Waals surface area contributed by atoms with Crippen molar-refractivity contribution in [3.05, 3.63) is 28.5 Å². The Morgan fingerprint density at radius 3 is 2.17 bits per heavy atom. The highest BCUT2D eigenvalue weighted by Gasteiger charge is 2.25. The van der Waals surface area contributed by atoms with Gasteiger partial charge in [-0.15, -0.1) is 0 Å². The summed E-state index contributed by atoms with van der Waals surface area (Å²) in [5.74, 6) is -0.183. The Morgan fingerprint density at radius 2 is 1.67 bits per heavy atom. The molecule has 4 heteroatoms. The monoisotopic (exact) mass is 314 g/mol. The molecule has 0 atom stereocenters. The average molecular weight is 315 g/mol. The fourth-order valence-corrected chi connectivity index (χ4v) is 2.81. The van der Waals surface area contributed by atoms with Gasteiger partial charge in [0.15, 0.2) is 0 Å². The predicted octanol–water partition coefficient (Wildman–Crippen LogP) is 3.51. The summed E-state index contributed by atoms with van der Waals surface area (Å²) in [7, 11) is 0. The predicted molar refractivity (Wildman–Crippen MR) is 77.6 cm³/mol. The maximum Gasteiger partial charge on any atom is 0.126 e. The molecule has 1 aliphatic heterocycles. The molecule has 0 amide bonds. The highest BCUT2D eigenvalue weighted by Crippen LogP contribution is 2.24. The van der Waals surface area contributed by atoms with Gasteiger partial charge in [-0.3, -0.25) is 4.90 Å². The summed E-state index contributed by atoms with van der Waals surface area (Å²) >= 11 is 3.35. The van der Waals surface area contributed by atoms with Gasteiger partial charge >= 0.3 is 0 Å². The normalized spacial score (nSPS) is 18.2. The summed E-state index contributed by atoms with van der Waals surface area (Å²) in [6, 6.07) is 5.09. The van der Waals surface area contributed by atoms with Crippen LogP contribution in [0.4, 0.5) is 10.1 Å². The van der Waals surface area contributed by atoms with E-state index in [0.717, 1.165) is 36.3 Å². The molecule has 0 unspecified atom stereocenters. The first-order chi connectivity index (χ1) is 8.36. The molecule has 18 heavy (non-hydrogen) atoms. The summed E-state index contributed by atoms with van der Waals surface area (Å²) in [5, 5.41) is 0. The van der Waals surface area contributed by atoms with Gasteiger partial charge in [-0.1, -0.05) is 15.9 Å². The lowest BCUT2D eigenvalue weighted by Crippen LogP contribution is -2.53. The highest BCUT2D eigenvalue weighted by atomic mass is 79.9. The van der Waals surface area contributed by atoms with Crippen molar-refractivity contribution in [3.8, 4) is 0 Å². The maximum atomic E-state index is 13.4. The summed E-state index contributed by atoms with van der Waals surface area (Å²) in [6.45, 7) is 10.7. The highest BCUT2D eigenvalue weighted by molar-refractivity contribution is 9.10. The first-order valence-electron chi connectivity index (χ1n) is 6.32. The largest absolute Gasteiger partial charge is 0.369 e. The Kier molecular flexibility index (Phi) is 3.97. The number of rotatable bonds is 1. The topological polar surface area (TPSA) is 6.48 Å². The quantitative estimate of drug-likeness (QED) is 0.782. The third-order valence-electron chi connectivity index (χ3n) is 3.44. The summed E-state index contributed by atoms with van der Waals surface area (Å²) < 4.78 is 14.2. The second-order valence-corrected chi connectivity index (χ2v) is 6.69. The molecule has 0 saturated carbocycles. The Balaban J connectivity index is 2.05. The zero-order chi connectivity index (χ0) is 13.3. The number of anilines is 1. The maximum absolute atomic E-state index is 13.4. The van der Waals surface area contributed by atoms with Crippen molar-refractivity contribution >= 4 is 21.6 Å². The Hall–Kier alpha value is -0.610. The molecule has 2 nitrogen and oxygen atoms in total. The summed E-state index contributed by atoms with van der Waals surface area (Å²) in [4.78, 5) is 4.72. The SMILES string of the molecule is CC(C)(C)N1CCN(c2cc(F)cc(Br)c2)CC1. The Morgan fingerprint density at radius 1 is 1.06 bits per heavy atom. The van der Waals surface area contributed by atoms with Crippen LogP contribution in [0, 0.1) is 5.82 Å². The summed E-state index contributed by atoms with van der Waals surface area (Å²) in [6.07, 6.45) is 0. The van der Waals surface area contributed by atoms with Gasteiger partial charge in [0.2, 0.25) is 0 Å². The molecule has 0 bridgehead atoms. The lowest BCUT2D eigenvalue weighted by atomic mass is 10.0. The van der Waals surface area contributed by atoms with Crippen molar-refractivity contribution in [1.29, 1.82) is 0 Å². The third kappa shape index (κ3) is 3.23. The molecule has 0 radical (unpaired) electrons. The molecule has 1 aromatic rings. The molecular formula is C14H20BrFN2. The number of hydrogen-bond acceptors (Lipinski definition) is 2. The minimum absolute atomic E-state index is 0.183. The third-order valence-corrected chi connectivity index (χ3v) is 3.90. The van der Waals surface area contributed by atoms with Crippen LogP contribution < -0.4 is 4.90 Å². The zero-order valence-corrected chi connectivity index (χ0v) is 12.8. The van der Waals surface area contributed by atoms with Gasteiger partial charge in [0.1, 0.15) is 5.82 Å². The molecule has 1 aromatic carbocycles. The minimum atomic E-state index is -0.183. The number of benzene rings is 1. The first-order valence-corrected chi connectivity index (χ1v) is 7.12. The molecule has 0 spiro atoms. The second-order valence-electron chi connectivity index (χ2n) is 5.77. The number of piperazine rings is 1.